The van der Waals surface area contributed by atoms with Gasteiger partial charge in [0.2, 0.25) is 0 Å². The maximum Gasteiger partial charge on any atom is 0.154 e. The summed E-state index contributed by atoms with van der Waals surface area (Å²) in [7, 11) is 0. The van der Waals surface area contributed by atoms with Gasteiger partial charge in [-0.25, -0.2) is 4.98 Å². The molecule has 0 atom stereocenters. The van der Waals surface area contributed by atoms with Crippen LogP contribution in [0.5, 0.6) is 0 Å². The van der Waals surface area contributed by atoms with E-state index in [4.69, 9.17) is 6.42 Å². The van der Waals surface area contributed by atoms with Crippen LogP contribution >= 0.6 is 0 Å². The second kappa shape index (κ2) is 3.71. The van der Waals surface area contributed by atoms with Crippen LogP contribution in [0.4, 0.5) is 0 Å². The van der Waals surface area contributed by atoms with Gasteiger partial charge < -0.3 is 0 Å². The minimum Gasteiger partial charge on any atom is -0.246 e. The summed E-state index contributed by atoms with van der Waals surface area (Å²) in [5, 5.41) is 2.56. The smallest absolute Gasteiger partial charge is 0.154 e. The van der Waals surface area contributed by atoms with E-state index in [-0.39, 0.29) is 0 Å². The standard InChI is InChI=1S/C9H5NS/c1-2-8-3-4-9(5-6-11)10-7-8/h1,3-4,7,11H/p+1. The quantitative estimate of drug-likeness (QED) is 0.395. The number of terminal acetylenes is 1. The van der Waals surface area contributed by atoms with E-state index < -0.39 is 0 Å². The van der Waals surface area contributed by atoms with Gasteiger partial charge in [0.05, 0.1) is 0 Å². The predicted octanol–water partition coefficient (Wildman–Crippen LogP) is 0.383. The Morgan fingerprint density at radius 3 is 2.73 bits per heavy atom. The Morgan fingerprint density at radius 2 is 2.27 bits per heavy atom. The largest absolute Gasteiger partial charge is 0.246 e. The first-order valence-electron chi connectivity index (χ1n) is 2.97. The van der Waals surface area contributed by atoms with E-state index in [1.165, 1.54) is 0 Å². The van der Waals surface area contributed by atoms with Crippen LogP contribution in [-0.4, -0.2) is 4.98 Å². The van der Waals surface area contributed by atoms with Crippen LogP contribution in [0, 0.1) is 23.5 Å². The van der Waals surface area contributed by atoms with Crippen molar-refractivity contribution in [1.82, 2.24) is 4.98 Å². The molecule has 0 saturated carbocycles. The topological polar surface area (TPSA) is 12.9 Å². The van der Waals surface area contributed by atoms with E-state index >= 15 is 0 Å². The van der Waals surface area contributed by atoms with Gasteiger partial charge in [0.15, 0.2) is 5.25 Å². The molecule has 0 aliphatic rings. The van der Waals surface area contributed by atoms with Crippen LogP contribution in [0.3, 0.4) is 0 Å². The molecule has 0 aromatic carbocycles. The molecule has 0 spiro atoms. The number of nitrogens with zero attached hydrogens (tertiary/aromatic N) is 1. The van der Waals surface area contributed by atoms with Gasteiger partial charge in [-0.1, -0.05) is 5.92 Å². The zero-order valence-corrected chi connectivity index (χ0v) is 6.76. The van der Waals surface area contributed by atoms with Gasteiger partial charge in [-0.2, -0.15) is 0 Å². The molecule has 1 heterocycles. The van der Waals surface area contributed by atoms with E-state index in [2.05, 4.69) is 34.7 Å². The van der Waals surface area contributed by atoms with Gasteiger partial charge in [-0.05, 0) is 12.1 Å². The van der Waals surface area contributed by atoms with E-state index in [0.717, 1.165) is 5.56 Å². The molecule has 52 valence electrons. The minimum atomic E-state index is 0.707. The second-order valence-electron chi connectivity index (χ2n) is 1.83. The van der Waals surface area contributed by atoms with Gasteiger partial charge in [-0.3, -0.25) is 0 Å². The fourth-order valence-corrected chi connectivity index (χ4v) is 0.745. The van der Waals surface area contributed by atoms with Crippen molar-refractivity contribution in [3.8, 4) is 23.5 Å². The highest BCUT2D eigenvalue weighted by molar-refractivity contribution is 7.64. The molecule has 0 unspecified atom stereocenters. The summed E-state index contributed by atoms with van der Waals surface area (Å²) in [6.07, 6.45) is 6.76. The highest BCUT2D eigenvalue weighted by atomic mass is 32.1. The Kier molecular flexibility index (Phi) is 2.60. The summed E-state index contributed by atoms with van der Waals surface area (Å²) in [5.74, 6) is 5.22. The number of aromatic nitrogens is 1. The van der Waals surface area contributed by atoms with Crippen molar-refractivity contribution >= 4 is 12.6 Å². The Bertz CT molecular complexity index is 335. The lowest BCUT2D eigenvalue weighted by atomic mass is 10.3. The Labute approximate surface area is 71.3 Å². The lowest BCUT2D eigenvalue weighted by Crippen LogP contribution is -1.82. The molecule has 1 nitrogen and oxygen atoms in total. The van der Waals surface area contributed by atoms with Crippen LogP contribution in [0.15, 0.2) is 18.3 Å². The monoisotopic (exact) mass is 160 g/mol. The molecule has 11 heavy (non-hydrogen) atoms. The molecular weight excluding hydrogens is 154 g/mol. The fraction of sp³-hybridized carbons (Fsp3) is 0. The third kappa shape index (κ3) is 2.04. The van der Waals surface area contributed by atoms with E-state index in [1.807, 2.05) is 0 Å². The normalized spacial score (nSPS) is 7.64. The van der Waals surface area contributed by atoms with E-state index in [0.29, 0.717) is 5.69 Å². The first-order chi connectivity index (χ1) is 5.36. The first kappa shape index (κ1) is 7.72. The first-order valence-corrected chi connectivity index (χ1v) is 3.47. The van der Waals surface area contributed by atoms with Crippen LogP contribution in [0.1, 0.15) is 11.3 Å². The summed E-state index contributed by atoms with van der Waals surface area (Å²) in [6, 6.07) is 3.58. The van der Waals surface area contributed by atoms with Crippen LogP contribution in [0.25, 0.3) is 0 Å². The summed E-state index contributed by atoms with van der Waals surface area (Å²) in [4.78, 5) is 3.99. The predicted molar refractivity (Wildman–Crippen MR) is 49.2 cm³/mol. The lowest BCUT2D eigenvalue weighted by Gasteiger charge is -1.88. The van der Waals surface area contributed by atoms with E-state index in [1.54, 1.807) is 18.3 Å². The lowest BCUT2D eigenvalue weighted by molar-refractivity contribution is 1.28. The molecule has 0 radical (unpaired) electrons. The maximum atomic E-state index is 5.14. The average Bonchev–Trinajstić information content (AvgIpc) is 2.07. The van der Waals surface area contributed by atoms with E-state index in [9.17, 15) is 0 Å². The zero-order chi connectivity index (χ0) is 8.10. The number of pyridine rings is 1. The molecule has 1 aromatic rings. The van der Waals surface area contributed by atoms with Crippen molar-refractivity contribution < 1.29 is 0 Å². The van der Waals surface area contributed by atoms with Crippen molar-refractivity contribution in [2.45, 2.75) is 0 Å². The third-order valence-corrected chi connectivity index (χ3v) is 1.25. The Morgan fingerprint density at radius 1 is 1.45 bits per heavy atom. The van der Waals surface area contributed by atoms with Gasteiger partial charge >= 0.3 is 0 Å². The molecule has 0 aliphatic carbocycles. The molecule has 1 rings (SSSR count). The molecule has 0 fully saturated rings. The zero-order valence-electron chi connectivity index (χ0n) is 5.76. The average molecular weight is 160 g/mol. The molecule has 1 aromatic heterocycles. The Balaban J connectivity index is 3.00. The molecular formula is C9H6NS+. The van der Waals surface area contributed by atoms with Crippen molar-refractivity contribution in [1.29, 1.82) is 0 Å². The molecule has 2 heteroatoms. The number of hydrogen-bond acceptors (Lipinski definition) is 1. The van der Waals surface area contributed by atoms with Gasteiger partial charge in [0.25, 0.3) is 0 Å². The van der Waals surface area contributed by atoms with Crippen LogP contribution in [-0.2, 0) is 12.6 Å². The molecule has 0 amide bonds. The summed E-state index contributed by atoms with van der Waals surface area (Å²) in [6.45, 7) is 0. The summed E-state index contributed by atoms with van der Waals surface area (Å²) in [5.41, 5.74) is 1.48. The van der Waals surface area contributed by atoms with Crippen molar-refractivity contribution in [3.63, 3.8) is 0 Å². The summed E-state index contributed by atoms with van der Waals surface area (Å²) >= 11 is 3.02. The van der Waals surface area contributed by atoms with Gasteiger partial charge in [-0.15, -0.1) is 6.42 Å². The summed E-state index contributed by atoms with van der Waals surface area (Å²) < 4.78 is 0. The highest BCUT2D eigenvalue weighted by Crippen LogP contribution is 1.96. The van der Waals surface area contributed by atoms with Crippen LogP contribution in [0.2, 0.25) is 0 Å². The minimum absolute atomic E-state index is 0.707. The van der Waals surface area contributed by atoms with Crippen molar-refractivity contribution in [2.24, 2.45) is 0 Å². The Hall–Kier alpha value is -1.38. The van der Waals surface area contributed by atoms with Gasteiger partial charge in [0, 0.05) is 30.3 Å². The molecule has 0 saturated heterocycles. The number of hydrogen-bond donors (Lipinski definition) is 0. The molecule has 0 bridgehead atoms. The number of rotatable bonds is 0. The third-order valence-electron chi connectivity index (χ3n) is 1.12. The van der Waals surface area contributed by atoms with Crippen molar-refractivity contribution in [3.05, 3.63) is 29.6 Å². The highest BCUT2D eigenvalue weighted by Gasteiger charge is 1.88. The molecule has 0 aliphatic heterocycles. The maximum absolute atomic E-state index is 5.14. The van der Waals surface area contributed by atoms with Crippen LogP contribution < -0.4 is 0 Å². The molecule has 0 N–H and O–H groups in total. The van der Waals surface area contributed by atoms with Crippen molar-refractivity contribution in [2.75, 3.05) is 0 Å². The SMILES string of the molecule is C#Cc1ccc(C#C[SH2+])nc1. The second-order valence-corrected chi connectivity index (χ2v) is 2.08. The van der Waals surface area contributed by atoms with Gasteiger partial charge in [0.1, 0.15) is 5.69 Å². The fourth-order valence-electron chi connectivity index (χ4n) is 0.617.